The molecule has 4 nitrogen and oxygen atoms in total. The van der Waals surface area contributed by atoms with E-state index in [-0.39, 0.29) is 6.29 Å². The van der Waals surface area contributed by atoms with Crippen molar-refractivity contribution in [1.29, 1.82) is 5.26 Å². The molecule has 3 N–H and O–H groups in total. The number of rotatable bonds is 1. The van der Waals surface area contributed by atoms with Gasteiger partial charge in [-0.05, 0) is 6.20 Å². The molecule has 0 aromatic heterocycles. The Morgan fingerprint density at radius 3 is 3.22 bits per heavy atom. The predicted molar refractivity (Wildman–Crippen MR) is 32.8 cm³/mol. The fraction of sp³-hybridized carbons (Fsp3) is 0.400. The first-order valence-corrected chi connectivity index (χ1v) is 2.72. The average molecular weight is 124 g/mol. The zero-order valence-corrected chi connectivity index (χ0v) is 4.89. The van der Waals surface area contributed by atoms with Crippen LogP contribution in [0.4, 0.5) is 0 Å². The zero-order valence-electron chi connectivity index (χ0n) is 4.89. The molecule has 0 aliphatic carbocycles. The van der Waals surface area contributed by atoms with Crippen LogP contribution >= 0.6 is 0 Å². The van der Waals surface area contributed by atoms with Gasteiger partial charge in [-0.1, -0.05) is 6.08 Å². The van der Waals surface area contributed by atoms with Crippen LogP contribution in [0.1, 0.15) is 0 Å². The van der Waals surface area contributed by atoms with E-state index in [9.17, 15) is 0 Å². The molecule has 0 amide bonds. The maximum atomic E-state index is 8.15. The number of nitrogens with one attached hydrogen (secondary N) is 3. The summed E-state index contributed by atoms with van der Waals surface area (Å²) in [6.07, 6.45) is 5.48. The van der Waals surface area contributed by atoms with Crippen LogP contribution < -0.4 is 16.0 Å². The van der Waals surface area contributed by atoms with Gasteiger partial charge in [-0.15, -0.1) is 0 Å². The monoisotopic (exact) mass is 124 g/mol. The van der Waals surface area contributed by atoms with Crippen LogP contribution in [0, 0.1) is 11.5 Å². The number of hydrogen-bond acceptors (Lipinski definition) is 4. The molecular weight excluding hydrogens is 116 g/mol. The quantitative estimate of drug-likeness (QED) is 0.311. The molecule has 0 bridgehead atoms. The molecule has 1 heterocycles. The zero-order chi connectivity index (χ0) is 6.53. The molecule has 1 unspecified atom stereocenters. The van der Waals surface area contributed by atoms with Crippen molar-refractivity contribution in [3.05, 3.63) is 12.3 Å². The molecule has 4 heteroatoms. The van der Waals surface area contributed by atoms with Crippen molar-refractivity contribution in [2.75, 3.05) is 6.54 Å². The van der Waals surface area contributed by atoms with Gasteiger partial charge in [0.2, 0.25) is 0 Å². The maximum absolute atomic E-state index is 8.15. The second-order valence-electron chi connectivity index (χ2n) is 1.67. The minimum Gasteiger partial charge on any atom is -0.359 e. The topological polar surface area (TPSA) is 59.9 Å². The average Bonchev–Trinajstić information content (AvgIpc) is 1.91. The maximum Gasteiger partial charge on any atom is 0.179 e. The minimum atomic E-state index is -0.0972. The lowest BCUT2D eigenvalue weighted by Gasteiger charge is -2.19. The van der Waals surface area contributed by atoms with Crippen molar-refractivity contribution in [1.82, 2.24) is 16.0 Å². The second-order valence-corrected chi connectivity index (χ2v) is 1.67. The van der Waals surface area contributed by atoms with Crippen molar-refractivity contribution >= 4 is 0 Å². The molecule has 1 aliphatic rings. The summed E-state index contributed by atoms with van der Waals surface area (Å²) >= 11 is 0. The molecule has 0 radical (unpaired) electrons. The Kier molecular flexibility index (Phi) is 1.94. The fourth-order valence-electron chi connectivity index (χ4n) is 0.625. The number of hydrogen-bond donors (Lipinski definition) is 3. The summed E-state index contributed by atoms with van der Waals surface area (Å²) in [5.74, 6) is 0. The van der Waals surface area contributed by atoms with Gasteiger partial charge in [-0.2, -0.15) is 5.26 Å². The normalized spacial score (nSPS) is 24.1. The van der Waals surface area contributed by atoms with Crippen molar-refractivity contribution in [3.63, 3.8) is 0 Å². The summed E-state index contributed by atoms with van der Waals surface area (Å²) in [5, 5.41) is 16.6. The van der Waals surface area contributed by atoms with Gasteiger partial charge in [-0.25, -0.2) is 0 Å². The van der Waals surface area contributed by atoms with Gasteiger partial charge in [-0.3, -0.25) is 10.6 Å². The highest BCUT2D eigenvalue weighted by Crippen LogP contribution is 1.78. The molecule has 0 aromatic rings. The molecule has 0 saturated heterocycles. The summed E-state index contributed by atoms with van der Waals surface area (Å²) in [6.45, 7) is 0.798. The van der Waals surface area contributed by atoms with E-state index in [1.165, 1.54) is 0 Å². The van der Waals surface area contributed by atoms with Crippen LogP contribution in [0.15, 0.2) is 12.3 Å². The molecule has 0 fully saturated rings. The van der Waals surface area contributed by atoms with Crippen molar-refractivity contribution < 1.29 is 0 Å². The van der Waals surface area contributed by atoms with Gasteiger partial charge >= 0.3 is 0 Å². The van der Waals surface area contributed by atoms with Crippen LogP contribution in [0.25, 0.3) is 0 Å². The molecule has 1 aliphatic heterocycles. The van der Waals surface area contributed by atoms with E-state index < -0.39 is 0 Å². The van der Waals surface area contributed by atoms with Crippen LogP contribution in [0.2, 0.25) is 0 Å². The standard InChI is InChI=1S/C5H8N4/c6-4-9-5-7-2-1-3-8-5/h1-2,5,7-9H,3H2. The first kappa shape index (κ1) is 5.92. The second kappa shape index (κ2) is 2.95. The van der Waals surface area contributed by atoms with Gasteiger partial charge < -0.3 is 5.32 Å². The highest BCUT2D eigenvalue weighted by molar-refractivity contribution is 4.91. The van der Waals surface area contributed by atoms with Crippen LogP contribution in [-0.4, -0.2) is 12.8 Å². The van der Waals surface area contributed by atoms with Crippen molar-refractivity contribution in [3.8, 4) is 6.19 Å². The van der Waals surface area contributed by atoms with Gasteiger partial charge in [0.05, 0.1) is 0 Å². The first-order chi connectivity index (χ1) is 4.43. The van der Waals surface area contributed by atoms with E-state index in [0.717, 1.165) is 6.54 Å². The molecular formula is C5H8N4. The summed E-state index contributed by atoms with van der Waals surface area (Å²) < 4.78 is 0. The lowest BCUT2D eigenvalue weighted by atomic mass is 10.5. The Morgan fingerprint density at radius 2 is 2.67 bits per heavy atom. The highest BCUT2D eigenvalue weighted by atomic mass is 15.3. The summed E-state index contributed by atoms with van der Waals surface area (Å²) in [5.41, 5.74) is 0. The highest BCUT2D eigenvalue weighted by Gasteiger charge is 2.02. The Balaban J connectivity index is 2.28. The van der Waals surface area contributed by atoms with Gasteiger partial charge in [0.25, 0.3) is 0 Å². The molecule has 1 rings (SSSR count). The summed E-state index contributed by atoms with van der Waals surface area (Å²) in [4.78, 5) is 0. The third-order valence-corrected chi connectivity index (χ3v) is 1.03. The molecule has 9 heavy (non-hydrogen) atoms. The van der Waals surface area contributed by atoms with Crippen LogP contribution in [0.3, 0.4) is 0 Å². The third kappa shape index (κ3) is 1.63. The smallest absolute Gasteiger partial charge is 0.179 e. The van der Waals surface area contributed by atoms with Gasteiger partial charge in [0.15, 0.2) is 12.5 Å². The van der Waals surface area contributed by atoms with E-state index >= 15 is 0 Å². The van der Waals surface area contributed by atoms with E-state index in [4.69, 9.17) is 5.26 Å². The summed E-state index contributed by atoms with van der Waals surface area (Å²) in [6, 6.07) is 0. The van der Waals surface area contributed by atoms with E-state index in [1.54, 1.807) is 0 Å². The summed E-state index contributed by atoms with van der Waals surface area (Å²) in [7, 11) is 0. The lowest BCUT2D eigenvalue weighted by molar-refractivity contribution is 0.441. The van der Waals surface area contributed by atoms with E-state index in [0.29, 0.717) is 0 Å². The third-order valence-electron chi connectivity index (χ3n) is 1.03. The van der Waals surface area contributed by atoms with E-state index in [2.05, 4.69) is 16.0 Å². The number of nitrogens with zero attached hydrogens (tertiary/aromatic N) is 1. The van der Waals surface area contributed by atoms with E-state index in [1.807, 2.05) is 18.5 Å². The largest absolute Gasteiger partial charge is 0.359 e. The molecule has 1 atom stereocenters. The molecule has 0 spiro atoms. The van der Waals surface area contributed by atoms with Crippen molar-refractivity contribution in [2.45, 2.75) is 6.29 Å². The first-order valence-electron chi connectivity index (χ1n) is 2.72. The Hall–Kier alpha value is -1.21. The predicted octanol–water partition coefficient (Wildman–Crippen LogP) is -0.953. The molecule has 0 saturated carbocycles. The fourth-order valence-corrected chi connectivity index (χ4v) is 0.625. The lowest BCUT2D eigenvalue weighted by Crippen LogP contribution is -2.51. The Bertz CT molecular complexity index is 146. The number of nitriles is 1. The molecule has 0 aromatic carbocycles. The minimum absolute atomic E-state index is 0.0972. The van der Waals surface area contributed by atoms with Crippen LogP contribution in [-0.2, 0) is 0 Å². The van der Waals surface area contributed by atoms with Crippen LogP contribution in [0.5, 0.6) is 0 Å². The Morgan fingerprint density at radius 1 is 1.78 bits per heavy atom. The molecule has 48 valence electrons. The SMILES string of the molecule is N#CNC1NC=CCN1. The van der Waals surface area contributed by atoms with Crippen molar-refractivity contribution in [2.24, 2.45) is 0 Å². The Labute approximate surface area is 53.5 Å². The van der Waals surface area contributed by atoms with Gasteiger partial charge in [0.1, 0.15) is 0 Å². The van der Waals surface area contributed by atoms with Gasteiger partial charge in [0, 0.05) is 6.54 Å².